The Kier molecular flexibility index (Phi) is 5.46. The highest BCUT2D eigenvalue weighted by molar-refractivity contribution is 5.95. The topological polar surface area (TPSA) is 99.4 Å². The van der Waals surface area contributed by atoms with E-state index in [1.165, 1.54) is 0 Å². The molecule has 1 aliphatic carbocycles. The first-order valence-electron chi connectivity index (χ1n) is 9.75. The minimum Gasteiger partial charge on any atom is -0.497 e. The highest BCUT2D eigenvalue weighted by Gasteiger charge is 2.24. The molecule has 1 aliphatic rings. The van der Waals surface area contributed by atoms with Crippen LogP contribution in [0.2, 0.25) is 0 Å². The second kappa shape index (κ2) is 8.34. The molecule has 1 aromatic carbocycles. The molecule has 3 aromatic rings. The van der Waals surface area contributed by atoms with Crippen LogP contribution in [0.1, 0.15) is 36.0 Å². The van der Waals surface area contributed by atoms with Crippen LogP contribution >= 0.6 is 0 Å². The molecule has 7 heteroatoms. The number of fused-ring (bicyclic) bond motifs is 1. The lowest BCUT2D eigenvalue weighted by atomic mass is 9.92. The molecule has 4 rings (SSSR count). The maximum absolute atomic E-state index is 11.5. The van der Waals surface area contributed by atoms with E-state index >= 15 is 0 Å². The highest BCUT2D eigenvalue weighted by atomic mass is 16.5. The molecule has 0 aliphatic heterocycles. The van der Waals surface area contributed by atoms with Crippen molar-refractivity contribution in [1.29, 1.82) is 0 Å². The van der Waals surface area contributed by atoms with Crippen LogP contribution < -0.4 is 20.5 Å². The fourth-order valence-corrected chi connectivity index (χ4v) is 3.75. The van der Waals surface area contributed by atoms with E-state index in [1.807, 2.05) is 30.5 Å². The Morgan fingerprint density at radius 1 is 1.10 bits per heavy atom. The predicted octanol–water partition coefficient (Wildman–Crippen LogP) is 3.54. The van der Waals surface area contributed by atoms with Gasteiger partial charge in [0.05, 0.1) is 7.11 Å². The van der Waals surface area contributed by atoms with Gasteiger partial charge in [0.25, 0.3) is 5.91 Å². The van der Waals surface area contributed by atoms with Gasteiger partial charge in [0, 0.05) is 23.8 Å². The SMILES string of the molecule is COc1ccc2c(NC3CCC(Oc4ncccc4C(N)=O)CC3)nccc2c1. The lowest BCUT2D eigenvalue weighted by Crippen LogP contribution is -2.32. The van der Waals surface area contributed by atoms with Crippen molar-refractivity contribution in [2.24, 2.45) is 5.73 Å². The Morgan fingerprint density at radius 3 is 2.69 bits per heavy atom. The van der Waals surface area contributed by atoms with Gasteiger partial charge in [0.2, 0.25) is 5.88 Å². The number of carbonyl (C=O) groups is 1. The summed E-state index contributed by atoms with van der Waals surface area (Å²) >= 11 is 0. The molecule has 0 saturated heterocycles. The van der Waals surface area contributed by atoms with Gasteiger partial charge in [-0.15, -0.1) is 0 Å². The average Bonchev–Trinajstić information content (AvgIpc) is 2.75. The van der Waals surface area contributed by atoms with E-state index < -0.39 is 5.91 Å². The van der Waals surface area contributed by atoms with Crippen molar-refractivity contribution in [3.63, 3.8) is 0 Å². The van der Waals surface area contributed by atoms with Gasteiger partial charge >= 0.3 is 0 Å². The number of hydrogen-bond donors (Lipinski definition) is 2. The van der Waals surface area contributed by atoms with Crippen LogP contribution in [-0.2, 0) is 0 Å². The molecule has 0 atom stereocenters. The summed E-state index contributed by atoms with van der Waals surface area (Å²) in [5.74, 6) is 1.51. The highest BCUT2D eigenvalue weighted by Crippen LogP contribution is 2.29. The summed E-state index contributed by atoms with van der Waals surface area (Å²) in [5, 5.41) is 5.74. The Bertz CT molecular complexity index is 1020. The number of pyridine rings is 2. The maximum atomic E-state index is 11.5. The van der Waals surface area contributed by atoms with Crippen LogP contribution in [0, 0.1) is 0 Å². The van der Waals surface area contributed by atoms with Gasteiger partial charge < -0.3 is 20.5 Å². The number of carbonyl (C=O) groups excluding carboxylic acids is 1. The predicted molar refractivity (Wildman–Crippen MR) is 111 cm³/mol. The summed E-state index contributed by atoms with van der Waals surface area (Å²) in [6.07, 6.45) is 7.05. The Labute approximate surface area is 169 Å². The van der Waals surface area contributed by atoms with E-state index in [-0.39, 0.29) is 6.10 Å². The van der Waals surface area contributed by atoms with E-state index in [1.54, 1.807) is 25.4 Å². The molecule has 1 fully saturated rings. The molecule has 2 aromatic heterocycles. The summed E-state index contributed by atoms with van der Waals surface area (Å²) in [4.78, 5) is 20.2. The third kappa shape index (κ3) is 4.23. The normalized spacial score (nSPS) is 18.9. The van der Waals surface area contributed by atoms with Crippen LogP contribution in [0.3, 0.4) is 0 Å². The Hall–Kier alpha value is -3.35. The molecule has 150 valence electrons. The molecule has 0 radical (unpaired) electrons. The van der Waals surface area contributed by atoms with E-state index in [9.17, 15) is 4.79 Å². The van der Waals surface area contributed by atoms with Gasteiger partial charge in [-0.05, 0) is 67.5 Å². The first-order valence-corrected chi connectivity index (χ1v) is 9.75. The number of ether oxygens (including phenoxy) is 2. The second-order valence-electron chi connectivity index (χ2n) is 7.20. The maximum Gasteiger partial charge on any atom is 0.254 e. The lowest BCUT2D eigenvalue weighted by molar-refractivity contribution is 0.0983. The molecule has 1 amide bonds. The molecule has 1 saturated carbocycles. The van der Waals surface area contributed by atoms with Gasteiger partial charge in [-0.1, -0.05) is 0 Å². The van der Waals surface area contributed by atoms with E-state index in [2.05, 4.69) is 15.3 Å². The lowest BCUT2D eigenvalue weighted by Gasteiger charge is -2.30. The van der Waals surface area contributed by atoms with Crippen molar-refractivity contribution < 1.29 is 14.3 Å². The van der Waals surface area contributed by atoms with Gasteiger partial charge in [-0.25, -0.2) is 9.97 Å². The number of methoxy groups -OCH3 is 1. The fraction of sp³-hybridized carbons (Fsp3) is 0.318. The number of nitrogens with two attached hydrogens (primary N) is 1. The number of primary amides is 1. The summed E-state index contributed by atoms with van der Waals surface area (Å²) < 4.78 is 11.3. The first-order chi connectivity index (χ1) is 14.1. The Balaban J connectivity index is 1.40. The number of nitrogens with zero attached hydrogens (tertiary/aromatic N) is 2. The van der Waals surface area contributed by atoms with Gasteiger partial charge in [0.15, 0.2) is 0 Å². The van der Waals surface area contributed by atoms with E-state index in [0.717, 1.165) is 48.0 Å². The summed E-state index contributed by atoms with van der Waals surface area (Å²) in [5.41, 5.74) is 5.73. The zero-order chi connectivity index (χ0) is 20.2. The van der Waals surface area contributed by atoms with Crippen molar-refractivity contribution in [3.05, 3.63) is 54.4 Å². The zero-order valence-electron chi connectivity index (χ0n) is 16.3. The summed E-state index contributed by atoms with van der Waals surface area (Å²) in [6.45, 7) is 0. The third-order valence-electron chi connectivity index (χ3n) is 5.30. The van der Waals surface area contributed by atoms with Gasteiger partial charge in [-0.2, -0.15) is 0 Å². The molecule has 7 nitrogen and oxygen atoms in total. The monoisotopic (exact) mass is 392 g/mol. The van der Waals surface area contributed by atoms with Gasteiger partial charge in [0.1, 0.15) is 23.2 Å². The largest absolute Gasteiger partial charge is 0.497 e. The molecular weight excluding hydrogens is 368 g/mol. The van der Waals surface area contributed by atoms with Crippen LogP contribution in [0.5, 0.6) is 11.6 Å². The smallest absolute Gasteiger partial charge is 0.254 e. The molecular formula is C22H24N4O3. The molecule has 2 heterocycles. The molecule has 29 heavy (non-hydrogen) atoms. The fourth-order valence-electron chi connectivity index (χ4n) is 3.75. The van der Waals surface area contributed by atoms with E-state index in [4.69, 9.17) is 15.2 Å². The number of benzene rings is 1. The standard InChI is InChI=1S/C22H24N4O3/c1-28-17-8-9-18-14(13-17)10-12-24-21(18)26-15-4-6-16(7-5-15)29-22-19(20(23)27)3-2-11-25-22/h2-3,8-13,15-16H,4-7H2,1H3,(H2,23,27)(H,24,26). The second-order valence-corrected chi connectivity index (χ2v) is 7.20. The third-order valence-corrected chi connectivity index (χ3v) is 5.30. The summed E-state index contributed by atoms with van der Waals surface area (Å²) in [6, 6.07) is 11.6. The number of aromatic nitrogens is 2. The van der Waals surface area contributed by atoms with Crippen LogP contribution in [0.15, 0.2) is 48.8 Å². The number of nitrogens with one attached hydrogen (secondary N) is 1. The van der Waals surface area contributed by atoms with Crippen LogP contribution in [0.25, 0.3) is 10.8 Å². The van der Waals surface area contributed by atoms with Crippen LogP contribution in [0.4, 0.5) is 5.82 Å². The van der Waals surface area contributed by atoms with Crippen molar-refractivity contribution in [2.75, 3.05) is 12.4 Å². The van der Waals surface area contributed by atoms with Crippen molar-refractivity contribution in [2.45, 2.75) is 37.8 Å². The molecule has 0 bridgehead atoms. The average molecular weight is 392 g/mol. The van der Waals surface area contributed by atoms with Crippen molar-refractivity contribution in [3.8, 4) is 11.6 Å². The first kappa shape index (κ1) is 19.0. The number of anilines is 1. The zero-order valence-corrected chi connectivity index (χ0v) is 16.3. The van der Waals surface area contributed by atoms with Crippen molar-refractivity contribution >= 4 is 22.5 Å². The molecule has 0 unspecified atom stereocenters. The quantitative estimate of drug-likeness (QED) is 0.666. The number of hydrogen-bond acceptors (Lipinski definition) is 6. The minimum absolute atomic E-state index is 0.0192. The molecule has 3 N–H and O–H groups in total. The van der Waals surface area contributed by atoms with Crippen molar-refractivity contribution in [1.82, 2.24) is 9.97 Å². The Morgan fingerprint density at radius 2 is 1.93 bits per heavy atom. The van der Waals surface area contributed by atoms with E-state index in [0.29, 0.717) is 17.5 Å². The number of rotatable bonds is 6. The summed E-state index contributed by atoms with van der Waals surface area (Å²) in [7, 11) is 1.67. The molecule has 0 spiro atoms. The van der Waals surface area contributed by atoms with Crippen LogP contribution in [-0.4, -0.2) is 35.1 Å². The van der Waals surface area contributed by atoms with Gasteiger partial charge in [-0.3, -0.25) is 4.79 Å². The minimum atomic E-state index is -0.526. The number of amides is 1.